The number of hydrogen-bond acceptors (Lipinski definition) is 7. The Labute approximate surface area is 142 Å². The standard InChI is InChI=1S/C17H28O7/c18-7-16(8-19,9-20)12-24-14-17(10-21,11-22)13-23-6-15-4-2-1-3-5-15/h1-5,18-22H,6-14H2. The molecule has 0 aromatic heterocycles. The summed E-state index contributed by atoms with van der Waals surface area (Å²) in [4.78, 5) is 0. The summed E-state index contributed by atoms with van der Waals surface area (Å²) in [6.07, 6.45) is 0. The van der Waals surface area contributed by atoms with Crippen molar-refractivity contribution in [1.82, 2.24) is 0 Å². The van der Waals surface area contributed by atoms with Crippen molar-refractivity contribution < 1.29 is 35.0 Å². The number of aliphatic hydroxyl groups is 5. The Morgan fingerprint density at radius 2 is 1.08 bits per heavy atom. The van der Waals surface area contributed by atoms with Crippen LogP contribution in [0.4, 0.5) is 0 Å². The molecule has 24 heavy (non-hydrogen) atoms. The Morgan fingerprint density at radius 1 is 0.625 bits per heavy atom. The highest BCUT2D eigenvalue weighted by Crippen LogP contribution is 2.21. The molecule has 7 nitrogen and oxygen atoms in total. The van der Waals surface area contributed by atoms with Crippen LogP contribution in [0.5, 0.6) is 0 Å². The van der Waals surface area contributed by atoms with Crippen LogP contribution < -0.4 is 0 Å². The minimum atomic E-state index is -1.15. The van der Waals surface area contributed by atoms with Gasteiger partial charge in [0.25, 0.3) is 0 Å². The molecule has 0 spiro atoms. The lowest BCUT2D eigenvalue weighted by Gasteiger charge is -2.32. The van der Waals surface area contributed by atoms with Crippen LogP contribution >= 0.6 is 0 Å². The van der Waals surface area contributed by atoms with Crippen LogP contribution in [-0.2, 0) is 16.1 Å². The summed E-state index contributed by atoms with van der Waals surface area (Å²) >= 11 is 0. The quantitative estimate of drug-likeness (QED) is 0.316. The third-order valence-corrected chi connectivity index (χ3v) is 4.01. The van der Waals surface area contributed by atoms with Crippen LogP contribution in [0.3, 0.4) is 0 Å². The predicted molar refractivity (Wildman–Crippen MR) is 87.2 cm³/mol. The third-order valence-electron chi connectivity index (χ3n) is 4.01. The summed E-state index contributed by atoms with van der Waals surface area (Å²) in [5.41, 5.74) is -1.18. The highest BCUT2D eigenvalue weighted by Gasteiger charge is 2.33. The summed E-state index contributed by atoms with van der Waals surface area (Å²) in [5.74, 6) is 0. The number of ether oxygens (including phenoxy) is 2. The fraction of sp³-hybridized carbons (Fsp3) is 0.647. The van der Waals surface area contributed by atoms with Crippen LogP contribution in [0.15, 0.2) is 30.3 Å². The van der Waals surface area contributed by atoms with Gasteiger partial charge in [-0.15, -0.1) is 0 Å². The highest BCUT2D eigenvalue weighted by molar-refractivity contribution is 5.13. The van der Waals surface area contributed by atoms with Crippen LogP contribution in [0, 0.1) is 10.8 Å². The summed E-state index contributed by atoms with van der Waals surface area (Å²) < 4.78 is 11.0. The van der Waals surface area contributed by atoms with Gasteiger partial charge in [-0.3, -0.25) is 0 Å². The van der Waals surface area contributed by atoms with Crippen molar-refractivity contribution >= 4 is 0 Å². The summed E-state index contributed by atoms with van der Waals surface area (Å²) in [5, 5.41) is 47.0. The molecule has 5 N–H and O–H groups in total. The van der Waals surface area contributed by atoms with E-state index < -0.39 is 30.7 Å². The zero-order valence-corrected chi connectivity index (χ0v) is 13.8. The molecule has 0 saturated carbocycles. The van der Waals surface area contributed by atoms with Crippen molar-refractivity contribution in [2.45, 2.75) is 6.61 Å². The van der Waals surface area contributed by atoms with Crippen LogP contribution in [0.25, 0.3) is 0 Å². The van der Waals surface area contributed by atoms with E-state index in [0.29, 0.717) is 6.61 Å². The molecule has 7 heteroatoms. The van der Waals surface area contributed by atoms with Crippen LogP contribution in [0.2, 0.25) is 0 Å². The van der Waals surface area contributed by atoms with Gasteiger partial charge in [0.2, 0.25) is 0 Å². The average molecular weight is 344 g/mol. The molecule has 0 aliphatic rings. The van der Waals surface area contributed by atoms with Gasteiger partial charge in [-0.25, -0.2) is 0 Å². The van der Waals surface area contributed by atoms with Gasteiger partial charge in [0.1, 0.15) is 0 Å². The second-order valence-corrected chi connectivity index (χ2v) is 6.26. The molecule has 1 aromatic carbocycles. The Kier molecular flexibility index (Phi) is 9.38. The maximum atomic E-state index is 9.61. The van der Waals surface area contributed by atoms with Gasteiger partial charge in [0.15, 0.2) is 0 Å². The minimum absolute atomic E-state index is 0.0312. The molecule has 0 bridgehead atoms. The number of hydrogen-bond donors (Lipinski definition) is 5. The summed E-state index contributed by atoms with van der Waals surface area (Å²) in [7, 11) is 0. The molecule has 1 aromatic rings. The van der Waals surface area contributed by atoms with E-state index in [4.69, 9.17) is 9.47 Å². The molecule has 0 heterocycles. The fourth-order valence-corrected chi connectivity index (χ4v) is 2.00. The first kappa shape index (κ1) is 21.0. The zero-order valence-electron chi connectivity index (χ0n) is 13.8. The first-order chi connectivity index (χ1) is 11.6. The Balaban J connectivity index is 2.51. The van der Waals surface area contributed by atoms with Crippen molar-refractivity contribution in [3.05, 3.63) is 35.9 Å². The lowest BCUT2D eigenvalue weighted by atomic mass is 9.90. The molecule has 0 aliphatic heterocycles. The molecule has 0 atom stereocenters. The average Bonchev–Trinajstić information content (AvgIpc) is 2.65. The van der Waals surface area contributed by atoms with E-state index in [1.54, 1.807) is 0 Å². The molecule has 1 rings (SSSR count). The summed E-state index contributed by atoms with van der Waals surface area (Å²) in [6.45, 7) is -1.70. The maximum absolute atomic E-state index is 9.61. The van der Waals surface area contributed by atoms with E-state index in [2.05, 4.69) is 0 Å². The van der Waals surface area contributed by atoms with Crippen molar-refractivity contribution in [3.63, 3.8) is 0 Å². The monoisotopic (exact) mass is 344 g/mol. The van der Waals surface area contributed by atoms with Crippen molar-refractivity contribution in [1.29, 1.82) is 0 Å². The van der Waals surface area contributed by atoms with E-state index >= 15 is 0 Å². The minimum Gasteiger partial charge on any atom is -0.396 e. The molecule has 0 amide bonds. The predicted octanol–water partition coefficient (Wildman–Crippen LogP) is -0.846. The smallest absolute Gasteiger partial charge is 0.0717 e. The first-order valence-electron chi connectivity index (χ1n) is 7.83. The van der Waals surface area contributed by atoms with E-state index in [-0.39, 0.29) is 33.0 Å². The van der Waals surface area contributed by atoms with Gasteiger partial charge in [-0.2, -0.15) is 0 Å². The largest absolute Gasteiger partial charge is 0.396 e. The normalized spacial score (nSPS) is 12.5. The molecule has 0 fully saturated rings. The highest BCUT2D eigenvalue weighted by atomic mass is 16.5. The fourth-order valence-electron chi connectivity index (χ4n) is 2.00. The lowest BCUT2D eigenvalue weighted by molar-refractivity contribution is -0.113. The molecular weight excluding hydrogens is 316 g/mol. The van der Waals surface area contributed by atoms with Gasteiger partial charge >= 0.3 is 0 Å². The van der Waals surface area contributed by atoms with Crippen molar-refractivity contribution in [2.24, 2.45) is 10.8 Å². The number of rotatable bonds is 13. The van der Waals surface area contributed by atoms with E-state index in [1.807, 2.05) is 30.3 Å². The molecular formula is C17H28O7. The number of aliphatic hydroxyl groups excluding tert-OH is 5. The lowest BCUT2D eigenvalue weighted by Crippen LogP contribution is -2.43. The number of benzene rings is 1. The Hall–Kier alpha value is -1.06. The second-order valence-electron chi connectivity index (χ2n) is 6.26. The van der Waals surface area contributed by atoms with Crippen LogP contribution in [0.1, 0.15) is 5.56 Å². The molecule has 0 aliphatic carbocycles. The molecule has 138 valence electrons. The van der Waals surface area contributed by atoms with Gasteiger partial charge in [0, 0.05) is 0 Å². The first-order valence-corrected chi connectivity index (χ1v) is 7.83. The van der Waals surface area contributed by atoms with Gasteiger partial charge < -0.3 is 35.0 Å². The Bertz CT molecular complexity index is 422. The van der Waals surface area contributed by atoms with E-state index in [1.165, 1.54) is 0 Å². The van der Waals surface area contributed by atoms with Gasteiger partial charge in [-0.1, -0.05) is 30.3 Å². The molecule has 0 unspecified atom stereocenters. The van der Waals surface area contributed by atoms with Crippen LogP contribution in [-0.4, -0.2) is 78.4 Å². The second kappa shape index (κ2) is 10.7. The van der Waals surface area contributed by atoms with E-state index in [9.17, 15) is 25.5 Å². The molecule has 0 saturated heterocycles. The topological polar surface area (TPSA) is 120 Å². The summed E-state index contributed by atoms with van der Waals surface area (Å²) in [6, 6.07) is 9.51. The van der Waals surface area contributed by atoms with Gasteiger partial charge in [0.05, 0.1) is 70.3 Å². The maximum Gasteiger partial charge on any atom is 0.0717 e. The van der Waals surface area contributed by atoms with Crippen molar-refractivity contribution in [3.8, 4) is 0 Å². The van der Waals surface area contributed by atoms with E-state index in [0.717, 1.165) is 5.56 Å². The Morgan fingerprint density at radius 3 is 1.58 bits per heavy atom. The van der Waals surface area contributed by atoms with Gasteiger partial charge in [-0.05, 0) is 5.56 Å². The SMILES string of the molecule is OCC(CO)(CO)COCC(CO)(CO)COCc1ccccc1. The molecule has 0 radical (unpaired) electrons. The third kappa shape index (κ3) is 6.10. The zero-order chi connectivity index (χ0) is 17.9. The van der Waals surface area contributed by atoms with Crippen molar-refractivity contribution in [2.75, 3.05) is 52.9 Å².